The molecule has 2 heterocycles. The summed E-state index contributed by atoms with van der Waals surface area (Å²) < 4.78 is 48.6. The molecule has 1 aromatic carbocycles. The number of amides is 1. The largest absolute Gasteiger partial charge is 0.416 e. The predicted molar refractivity (Wildman–Crippen MR) is 93.4 cm³/mol. The number of aromatic nitrogens is 1. The number of carbonyl (C=O) groups excluding carboxylic acids is 1. The summed E-state index contributed by atoms with van der Waals surface area (Å²) in [5.74, 6) is 0.779. The fourth-order valence-electron chi connectivity index (χ4n) is 2.68. The molecule has 0 bridgehead atoms. The summed E-state index contributed by atoms with van der Waals surface area (Å²) >= 11 is 1.19. The van der Waals surface area contributed by atoms with Gasteiger partial charge in [-0.15, -0.1) is 11.8 Å². The van der Waals surface area contributed by atoms with Gasteiger partial charge in [-0.3, -0.25) is 4.79 Å². The molecule has 0 unspecified atom stereocenters. The Hall–Kier alpha value is -2.00. The number of hydrogen-bond acceptors (Lipinski definition) is 5. The van der Waals surface area contributed by atoms with Gasteiger partial charge in [-0.25, -0.2) is 0 Å². The number of nitrogens with one attached hydrogen (secondary N) is 1. The summed E-state index contributed by atoms with van der Waals surface area (Å²) in [5.41, 5.74) is -0.528. The third-order valence-corrected chi connectivity index (χ3v) is 5.24. The van der Waals surface area contributed by atoms with Gasteiger partial charge in [0.1, 0.15) is 5.76 Å². The zero-order valence-corrected chi connectivity index (χ0v) is 15.2. The summed E-state index contributed by atoms with van der Waals surface area (Å²) in [6.45, 7) is 1.98. The highest BCUT2D eigenvalue weighted by molar-refractivity contribution is 7.98. The number of thioether (sulfide) groups is 1. The molecular formula is C18H19F3N2O3S. The lowest BCUT2D eigenvalue weighted by Gasteiger charge is -2.21. The Kier molecular flexibility index (Phi) is 6.43. The third-order valence-electron chi connectivity index (χ3n) is 4.23. The van der Waals surface area contributed by atoms with E-state index < -0.39 is 11.7 Å². The highest BCUT2D eigenvalue weighted by Crippen LogP contribution is 2.32. The van der Waals surface area contributed by atoms with Crippen molar-refractivity contribution in [2.45, 2.75) is 29.7 Å². The van der Waals surface area contributed by atoms with Crippen LogP contribution in [0.1, 0.15) is 34.7 Å². The van der Waals surface area contributed by atoms with Crippen LogP contribution in [-0.4, -0.2) is 30.8 Å². The molecule has 1 aliphatic rings. The minimum absolute atomic E-state index is 0.168. The van der Waals surface area contributed by atoms with Gasteiger partial charge in [0, 0.05) is 30.7 Å². The Morgan fingerprint density at radius 3 is 2.78 bits per heavy atom. The van der Waals surface area contributed by atoms with Crippen molar-refractivity contribution in [2.75, 3.05) is 19.8 Å². The number of carbonyl (C=O) groups is 1. The molecule has 1 aromatic heterocycles. The Bertz CT molecular complexity index is 773. The van der Waals surface area contributed by atoms with E-state index in [2.05, 4.69) is 10.5 Å². The van der Waals surface area contributed by atoms with Crippen LogP contribution in [0.5, 0.6) is 0 Å². The number of nitrogens with zero attached hydrogens (tertiary/aromatic N) is 1. The summed E-state index contributed by atoms with van der Waals surface area (Å²) in [5, 5.41) is 6.57. The third kappa shape index (κ3) is 5.74. The minimum Gasteiger partial charge on any atom is -0.381 e. The molecule has 1 amide bonds. The summed E-state index contributed by atoms with van der Waals surface area (Å²) in [4.78, 5) is 12.6. The van der Waals surface area contributed by atoms with E-state index in [1.807, 2.05) is 0 Å². The second kappa shape index (κ2) is 8.79. The molecule has 0 atom stereocenters. The number of alkyl halides is 3. The predicted octanol–water partition coefficient (Wildman–Crippen LogP) is 4.14. The molecule has 3 rings (SSSR count). The van der Waals surface area contributed by atoms with E-state index in [1.54, 1.807) is 6.07 Å². The number of rotatable bonds is 6. The Balaban J connectivity index is 1.51. The molecule has 9 heteroatoms. The molecule has 146 valence electrons. The van der Waals surface area contributed by atoms with Gasteiger partial charge in [-0.2, -0.15) is 13.2 Å². The number of hydrogen-bond donors (Lipinski definition) is 1. The van der Waals surface area contributed by atoms with Crippen LogP contribution in [0.15, 0.2) is 39.8 Å². The fraction of sp³-hybridized carbons (Fsp3) is 0.444. The van der Waals surface area contributed by atoms with Crippen LogP contribution in [-0.2, 0) is 16.7 Å². The summed E-state index contributed by atoms with van der Waals surface area (Å²) in [6.07, 6.45) is -2.55. The topological polar surface area (TPSA) is 64.4 Å². The van der Waals surface area contributed by atoms with Gasteiger partial charge in [0.2, 0.25) is 0 Å². The maximum Gasteiger partial charge on any atom is 0.416 e. The number of halogens is 3. The Morgan fingerprint density at radius 2 is 2.04 bits per heavy atom. The van der Waals surface area contributed by atoms with Gasteiger partial charge in [-0.05, 0) is 37.0 Å². The van der Waals surface area contributed by atoms with Crippen molar-refractivity contribution in [1.82, 2.24) is 10.5 Å². The Morgan fingerprint density at radius 1 is 1.26 bits per heavy atom. The SMILES string of the molecule is O=C(NCC1CCOCC1)c1cc(CSc2cccc(C(F)(F)F)c2)on1. The van der Waals surface area contributed by atoms with E-state index in [9.17, 15) is 18.0 Å². The van der Waals surface area contributed by atoms with Gasteiger partial charge in [0.05, 0.1) is 11.3 Å². The van der Waals surface area contributed by atoms with Crippen LogP contribution in [0.25, 0.3) is 0 Å². The van der Waals surface area contributed by atoms with Crippen LogP contribution >= 0.6 is 11.8 Å². The van der Waals surface area contributed by atoms with E-state index in [-0.39, 0.29) is 17.4 Å². The van der Waals surface area contributed by atoms with Crippen LogP contribution in [0.2, 0.25) is 0 Å². The number of benzene rings is 1. The quantitative estimate of drug-likeness (QED) is 0.739. The summed E-state index contributed by atoms with van der Waals surface area (Å²) in [7, 11) is 0. The first-order valence-electron chi connectivity index (χ1n) is 8.53. The average Bonchev–Trinajstić information content (AvgIpc) is 3.14. The molecule has 1 aliphatic heterocycles. The molecular weight excluding hydrogens is 381 g/mol. The molecule has 0 aliphatic carbocycles. The smallest absolute Gasteiger partial charge is 0.381 e. The zero-order chi connectivity index (χ0) is 19.3. The standard InChI is InChI=1S/C18H19F3N2O3S/c19-18(20,21)13-2-1-3-15(8-13)27-11-14-9-16(23-26-14)17(24)22-10-12-4-6-25-7-5-12/h1-3,8-9,12H,4-7,10-11H2,(H,22,24). The van der Waals surface area contributed by atoms with Gasteiger partial charge >= 0.3 is 6.18 Å². The van der Waals surface area contributed by atoms with Crippen LogP contribution < -0.4 is 5.32 Å². The molecule has 27 heavy (non-hydrogen) atoms. The van der Waals surface area contributed by atoms with E-state index >= 15 is 0 Å². The van der Waals surface area contributed by atoms with Crippen molar-refractivity contribution in [3.63, 3.8) is 0 Å². The molecule has 1 saturated heterocycles. The van der Waals surface area contributed by atoms with E-state index in [1.165, 1.54) is 23.9 Å². The van der Waals surface area contributed by atoms with Gasteiger partial charge in [0.15, 0.2) is 5.69 Å². The van der Waals surface area contributed by atoms with Crippen LogP contribution in [0.4, 0.5) is 13.2 Å². The molecule has 0 radical (unpaired) electrons. The lowest BCUT2D eigenvalue weighted by atomic mass is 10.0. The van der Waals surface area contributed by atoms with Crippen molar-refractivity contribution >= 4 is 17.7 Å². The Labute approximate surface area is 158 Å². The average molecular weight is 400 g/mol. The molecule has 5 nitrogen and oxygen atoms in total. The first-order chi connectivity index (χ1) is 12.9. The highest BCUT2D eigenvalue weighted by Gasteiger charge is 2.30. The zero-order valence-electron chi connectivity index (χ0n) is 14.4. The second-order valence-corrected chi connectivity index (χ2v) is 7.31. The van der Waals surface area contributed by atoms with Crippen molar-refractivity contribution in [1.29, 1.82) is 0 Å². The maximum atomic E-state index is 12.7. The van der Waals surface area contributed by atoms with Crippen LogP contribution in [0.3, 0.4) is 0 Å². The summed E-state index contributed by atoms with van der Waals surface area (Å²) in [6, 6.07) is 6.58. The first-order valence-corrected chi connectivity index (χ1v) is 9.52. The molecule has 0 spiro atoms. The maximum absolute atomic E-state index is 12.7. The van der Waals surface area contributed by atoms with Gasteiger partial charge in [0.25, 0.3) is 5.91 Å². The van der Waals surface area contributed by atoms with Crippen molar-refractivity contribution in [3.8, 4) is 0 Å². The highest BCUT2D eigenvalue weighted by atomic mass is 32.2. The van der Waals surface area contributed by atoms with E-state index in [4.69, 9.17) is 9.26 Å². The van der Waals surface area contributed by atoms with E-state index in [0.29, 0.717) is 36.3 Å². The van der Waals surface area contributed by atoms with Crippen molar-refractivity contribution < 1.29 is 27.2 Å². The fourth-order valence-corrected chi connectivity index (χ4v) is 3.51. The van der Waals surface area contributed by atoms with Crippen molar-refractivity contribution in [3.05, 3.63) is 47.3 Å². The lowest BCUT2D eigenvalue weighted by molar-refractivity contribution is -0.137. The molecule has 2 aromatic rings. The number of ether oxygens (including phenoxy) is 1. The van der Waals surface area contributed by atoms with E-state index in [0.717, 1.165) is 25.0 Å². The van der Waals surface area contributed by atoms with Crippen LogP contribution in [0, 0.1) is 5.92 Å². The van der Waals surface area contributed by atoms with Gasteiger partial charge < -0.3 is 14.6 Å². The van der Waals surface area contributed by atoms with Gasteiger partial charge in [-0.1, -0.05) is 11.2 Å². The monoisotopic (exact) mass is 400 g/mol. The molecule has 1 fully saturated rings. The molecule has 1 N–H and O–H groups in total. The lowest BCUT2D eigenvalue weighted by Crippen LogP contribution is -2.32. The second-order valence-electron chi connectivity index (χ2n) is 6.26. The van der Waals surface area contributed by atoms with Crippen molar-refractivity contribution in [2.24, 2.45) is 5.92 Å². The first kappa shape index (κ1) is 19.8. The normalized spacial score (nSPS) is 15.7. The molecule has 0 saturated carbocycles. The minimum atomic E-state index is -4.38.